The van der Waals surface area contributed by atoms with E-state index in [1.807, 2.05) is 20.8 Å². The molecule has 222 valence electrons. The van der Waals surface area contributed by atoms with Crippen molar-refractivity contribution >= 4 is 0 Å². The molecule has 5 heteroatoms. The minimum absolute atomic E-state index is 0.0844. The lowest BCUT2D eigenvalue weighted by Crippen LogP contribution is -2.57. The molecule has 0 bridgehead atoms. The maximum atomic E-state index is 11.7. The summed E-state index contributed by atoms with van der Waals surface area (Å²) in [5, 5.41) is 26.1. The summed E-state index contributed by atoms with van der Waals surface area (Å²) >= 11 is 0. The summed E-state index contributed by atoms with van der Waals surface area (Å²) in [6.45, 7) is 34.8. The molecule has 4 atom stereocenters. The van der Waals surface area contributed by atoms with Crippen LogP contribution in [0.2, 0.25) is 0 Å². The smallest absolute Gasteiger partial charge is 0.0750 e. The summed E-state index contributed by atoms with van der Waals surface area (Å²) in [7, 11) is 0. The lowest BCUT2D eigenvalue weighted by Gasteiger charge is -2.49. The Morgan fingerprint density at radius 2 is 1.32 bits per heavy atom. The van der Waals surface area contributed by atoms with Gasteiger partial charge >= 0.3 is 0 Å². The summed E-state index contributed by atoms with van der Waals surface area (Å²) < 4.78 is 12.6. The van der Waals surface area contributed by atoms with Gasteiger partial charge in [0.25, 0.3) is 0 Å². The molecule has 0 heterocycles. The molecule has 5 nitrogen and oxygen atoms in total. The van der Waals surface area contributed by atoms with E-state index < -0.39 is 11.7 Å². The van der Waals surface area contributed by atoms with E-state index in [1.54, 1.807) is 0 Å². The van der Waals surface area contributed by atoms with Gasteiger partial charge in [0.05, 0.1) is 36.1 Å². The number of ether oxygens (including phenoxy) is 2. The zero-order chi connectivity index (χ0) is 29.7. The molecule has 0 aromatic rings. The van der Waals surface area contributed by atoms with Gasteiger partial charge in [-0.25, -0.2) is 0 Å². The highest BCUT2D eigenvalue weighted by Gasteiger charge is 2.46. The first kappa shape index (κ1) is 36.5. The zero-order valence-corrected chi connectivity index (χ0v) is 27.5. The van der Waals surface area contributed by atoms with Crippen LogP contribution in [0.3, 0.4) is 0 Å². The number of hydrogen-bond donors (Lipinski definition) is 3. The van der Waals surface area contributed by atoms with Gasteiger partial charge in [-0.05, 0) is 91.9 Å². The highest BCUT2D eigenvalue weighted by atomic mass is 16.5. The molecule has 0 amide bonds. The second kappa shape index (κ2) is 13.3. The van der Waals surface area contributed by atoms with Crippen molar-refractivity contribution in [2.24, 2.45) is 22.2 Å². The fraction of sp³-hybridized carbons (Fsp3) is 0.938. The molecule has 0 aromatic carbocycles. The first-order chi connectivity index (χ1) is 16.3. The second-order valence-electron chi connectivity index (χ2n) is 15.5. The number of aliphatic hydroxyl groups is 2. The quantitative estimate of drug-likeness (QED) is 0.186. The third-order valence-electron chi connectivity index (χ3n) is 8.98. The van der Waals surface area contributed by atoms with Gasteiger partial charge in [0.1, 0.15) is 0 Å². The largest absolute Gasteiger partial charge is 0.391 e. The van der Waals surface area contributed by atoms with Crippen molar-refractivity contribution in [1.29, 1.82) is 0 Å². The Kier molecular flexibility index (Phi) is 13.1. The van der Waals surface area contributed by atoms with Crippen LogP contribution in [0.1, 0.15) is 124 Å². The monoisotopic (exact) mass is 527 g/mol. The average molecular weight is 528 g/mol. The van der Waals surface area contributed by atoms with Crippen LogP contribution in [0.5, 0.6) is 0 Å². The molecule has 0 saturated heterocycles. The van der Waals surface area contributed by atoms with Crippen LogP contribution in [0, 0.1) is 22.2 Å². The molecule has 0 radical (unpaired) electrons. The van der Waals surface area contributed by atoms with E-state index in [2.05, 4.69) is 107 Å². The third kappa shape index (κ3) is 11.7. The first-order valence-corrected chi connectivity index (χ1v) is 14.4. The Balaban J connectivity index is 5.56. The maximum absolute atomic E-state index is 11.7. The van der Waals surface area contributed by atoms with Crippen molar-refractivity contribution in [1.82, 2.24) is 5.32 Å². The molecular weight excluding hydrogens is 462 g/mol. The van der Waals surface area contributed by atoms with Crippen LogP contribution in [-0.2, 0) is 9.47 Å². The summed E-state index contributed by atoms with van der Waals surface area (Å²) in [6.07, 6.45) is 4.94. The topological polar surface area (TPSA) is 71.0 Å². The fourth-order valence-corrected chi connectivity index (χ4v) is 4.13. The Hall–Kier alpha value is -0.460. The summed E-state index contributed by atoms with van der Waals surface area (Å²) in [5.41, 5.74) is -2.14. The van der Waals surface area contributed by atoms with E-state index in [0.717, 1.165) is 6.42 Å². The fourth-order valence-electron chi connectivity index (χ4n) is 4.13. The van der Waals surface area contributed by atoms with Gasteiger partial charge in [-0.15, -0.1) is 0 Å². The lowest BCUT2D eigenvalue weighted by molar-refractivity contribution is -0.152. The van der Waals surface area contributed by atoms with Crippen LogP contribution in [0.15, 0.2) is 12.2 Å². The Labute approximate surface area is 231 Å². The van der Waals surface area contributed by atoms with Gasteiger partial charge in [-0.3, -0.25) is 0 Å². The van der Waals surface area contributed by atoms with E-state index in [1.165, 1.54) is 0 Å². The molecule has 0 aliphatic heterocycles. The maximum Gasteiger partial charge on any atom is 0.0750 e. The molecular formula is C32H65NO4. The number of nitrogens with one attached hydrogen (secondary N) is 1. The molecule has 0 rings (SSSR count). The lowest BCUT2D eigenvalue weighted by atomic mass is 9.61. The van der Waals surface area contributed by atoms with Crippen molar-refractivity contribution in [2.75, 3.05) is 13.2 Å². The molecule has 3 N–H and O–H groups in total. The normalized spacial score (nSPS) is 18.2. The zero-order valence-electron chi connectivity index (χ0n) is 27.5. The molecule has 0 spiro atoms. The van der Waals surface area contributed by atoms with Crippen LogP contribution in [-0.4, -0.2) is 58.4 Å². The SMILES string of the molecule is C/C=C/CC(C)(C)C(C)(C)C(O)C(CC(C)(C)O)NC(C)C(C)COC(C)(C)C(C)(C)COC(C)(C)C. The van der Waals surface area contributed by atoms with Gasteiger partial charge in [0.15, 0.2) is 0 Å². The number of aliphatic hydroxyl groups excluding tert-OH is 1. The highest BCUT2D eigenvalue weighted by Crippen LogP contribution is 2.46. The molecule has 4 unspecified atom stereocenters. The first-order valence-electron chi connectivity index (χ1n) is 14.4. The number of rotatable bonds is 16. The average Bonchev–Trinajstić information content (AvgIpc) is 2.71. The predicted molar refractivity (Wildman–Crippen MR) is 159 cm³/mol. The Morgan fingerprint density at radius 3 is 1.76 bits per heavy atom. The van der Waals surface area contributed by atoms with Crippen LogP contribution >= 0.6 is 0 Å². The van der Waals surface area contributed by atoms with E-state index >= 15 is 0 Å². The number of allylic oxidation sites excluding steroid dienone is 2. The van der Waals surface area contributed by atoms with Gasteiger partial charge in [0.2, 0.25) is 0 Å². The van der Waals surface area contributed by atoms with Crippen molar-refractivity contribution in [3.63, 3.8) is 0 Å². The van der Waals surface area contributed by atoms with Crippen molar-refractivity contribution < 1.29 is 19.7 Å². The van der Waals surface area contributed by atoms with E-state index in [9.17, 15) is 10.2 Å². The van der Waals surface area contributed by atoms with Crippen molar-refractivity contribution in [3.8, 4) is 0 Å². The van der Waals surface area contributed by atoms with E-state index in [4.69, 9.17) is 9.47 Å². The molecule has 0 aromatic heterocycles. The van der Waals surface area contributed by atoms with Gasteiger partial charge in [0, 0.05) is 17.5 Å². The highest BCUT2D eigenvalue weighted by molar-refractivity contribution is 5.01. The minimum Gasteiger partial charge on any atom is -0.391 e. The molecule has 37 heavy (non-hydrogen) atoms. The molecule has 0 aliphatic rings. The Bertz CT molecular complexity index is 695. The standard InChI is InChI=1S/C32H65NO4/c1-17-18-19-28(7,8)31(13,14)26(34)25(20-30(11,12)35)33-24(3)23(2)21-36-32(15,16)29(9,10)22-37-27(4,5)6/h17-18,23-26,33-35H,19-22H2,1-16H3/b18-17+. The van der Waals surface area contributed by atoms with Gasteiger partial charge in [-0.1, -0.05) is 60.6 Å². The van der Waals surface area contributed by atoms with Crippen molar-refractivity contribution in [2.45, 2.75) is 159 Å². The van der Waals surface area contributed by atoms with E-state index in [-0.39, 0.29) is 45.4 Å². The van der Waals surface area contributed by atoms with Crippen LogP contribution < -0.4 is 5.32 Å². The summed E-state index contributed by atoms with van der Waals surface area (Å²) in [4.78, 5) is 0. The van der Waals surface area contributed by atoms with Gasteiger partial charge < -0.3 is 25.0 Å². The molecule has 0 fully saturated rings. The Morgan fingerprint density at radius 1 is 0.811 bits per heavy atom. The van der Waals surface area contributed by atoms with Crippen molar-refractivity contribution in [3.05, 3.63) is 12.2 Å². The van der Waals surface area contributed by atoms with Crippen LogP contribution in [0.25, 0.3) is 0 Å². The predicted octanol–water partition coefficient (Wildman–Crippen LogP) is 7.15. The second-order valence-corrected chi connectivity index (χ2v) is 15.5. The number of hydrogen-bond acceptors (Lipinski definition) is 5. The summed E-state index contributed by atoms with van der Waals surface area (Å²) in [5.74, 6) is 0.203. The minimum atomic E-state index is -0.902. The molecule has 0 aliphatic carbocycles. The van der Waals surface area contributed by atoms with Crippen LogP contribution in [0.4, 0.5) is 0 Å². The molecule has 0 saturated carbocycles. The third-order valence-corrected chi connectivity index (χ3v) is 8.98. The van der Waals surface area contributed by atoms with E-state index in [0.29, 0.717) is 19.6 Å². The summed E-state index contributed by atoms with van der Waals surface area (Å²) in [6, 6.07) is -0.178. The van der Waals surface area contributed by atoms with Gasteiger partial charge in [-0.2, -0.15) is 0 Å².